The average Bonchev–Trinajstić information content (AvgIpc) is 3.36. The van der Waals surface area contributed by atoms with E-state index >= 15 is 4.39 Å². The minimum atomic E-state index is -0.776. The van der Waals surface area contributed by atoms with E-state index in [1.165, 1.54) is 30.5 Å². The van der Waals surface area contributed by atoms with Gasteiger partial charge in [0.05, 0.1) is 5.39 Å². The van der Waals surface area contributed by atoms with Gasteiger partial charge in [0.25, 0.3) is 0 Å². The van der Waals surface area contributed by atoms with Gasteiger partial charge in [-0.15, -0.1) is 0 Å². The van der Waals surface area contributed by atoms with Crippen molar-refractivity contribution in [1.29, 1.82) is 0 Å². The maximum atomic E-state index is 16.0. The van der Waals surface area contributed by atoms with Crippen LogP contribution in [0.2, 0.25) is 0 Å². The first kappa shape index (κ1) is 26.4. The Kier molecular flexibility index (Phi) is 7.65. The molecule has 11 heteroatoms. The lowest BCUT2D eigenvalue weighted by Gasteiger charge is -2.39. The molecule has 0 N–H and O–H groups in total. The fourth-order valence-electron chi connectivity index (χ4n) is 5.25. The Bertz CT molecular complexity index is 1440. The highest BCUT2D eigenvalue weighted by Crippen LogP contribution is 2.33. The molecule has 1 aromatic carbocycles. The fourth-order valence-corrected chi connectivity index (χ4v) is 5.25. The van der Waals surface area contributed by atoms with Crippen LogP contribution in [0.25, 0.3) is 27.0 Å². The second-order valence-electron chi connectivity index (χ2n) is 9.76. The molecular weight excluding hydrogens is 504 g/mol. The number of likely N-dealkylation sites (N-methyl/N-ethyl adjacent to an activating group) is 1. The van der Waals surface area contributed by atoms with Crippen molar-refractivity contribution >= 4 is 22.6 Å². The Balaban J connectivity index is 1.57. The zero-order valence-corrected chi connectivity index (χ0v) is 21.7. The smallest absolute Gasteiger partial charge is 0.319 e. The topological polar surface area (TPSA) is 79.1 Å². The molecule has 4 heterocycles. The number of piperazine rings is 1. The lowest BCUT2D eigenvalue weighted by Crippen LogP contribution is -2.56. The number of hydrogen-bond acceptors (Lipinski definition) is 7. The van der Waals surface area contributed by atoms with Crippen molar-refractivity contribution in [2.75, 3.05) is 51.3 Å². The van der Waals surface area contributed by atoms with E-state index in [-0.39, 0.29) is 41.3 Å². The van der Waals surface area contributed by atoms with Gasteiger partial charge in [-0.3, -0.25) is 9.78 Å². The first-order valence-electron chi connectivity index (χ1n) is 12.9. The minimum Gasteiger partial charge on any atom is -0.462 e. The maximum Gasteiger partial charge on any atom is 0.319 e. The molecule has 202 valence electrons. The summed E-state index contributed by atoms with van der Waals surface area (Å²) in [6.45, 7) is 13.4. The van der Waals surface area contributed by atoms with Crippen LogP contribution in [0.1, 0.15) is 12.8 Å². The van der Waals surface area contributed by atoms with Crippen LogP contribution < -0.4 is 9.64 Å². The SMILES string of the molecule is [C-]#[N+]C[C@H]1CN(c2nc(OC[C@@H]3CCCN3C)nc3c(F)c(-c4ccccc4F)ncc23)CCN1C(=O)C=C. The summed E-state index contributed by atoms with van der Waals surface area (Å²) in [6.07, 6.45) is 4.72. The van der Waals surface area contributed by atoms with E-state index in [0.29, 0.717) is 37.4 Å². The second-order valence-corrected chi connectivity index (χ2v) is 9.76. The fraction of sp³-hybridized carbons (Fsp3) is 0.393. The number of rotatable bonds is 7. The number of amides is 1. The number of nitrogens with zero attached hydrogens (tertiary/aromatic N) is 7. The summed E-state index contributed by atoms with van der Waals surface area (Å²) in [4.78, 5) is 34.9. The number of benzene rings is 1. The van der Waals surface area contributed by atoms with Crippen LogP contribution in [-0.4, -0.2) is 89.1 Å². The number of likely N-dealkylation sites (tertiary alicyclic amines) is 1. The molecule has 0 aliphatic carbocycles. The summed E-state index contributed by atoms with van der Waals surface area (Å²) >= 11 is 0. The van der Waals surface area contributed by atoms with E-state index in [1.807, 2.05) is 11.9 Å². The van der Waals surface area contributed by atoms with Gasteiger partial charge in [0, 0.05) is 37.4 Å². The molecule has 0 saturated carbocycles. The molecule has 5 rings (SSSR count). The summed E-state index contributed by atoms with van der Waals surface area (Å²) < 4.78 is 36.5. The third-order valence-corrected chi connectivity index (χ3v) is 7.39. The van der Waals surface area contributed by atoms with Gasteiger partial charge < -0.3 is 24.3 Å². The van der Waals surface area contributed by atoms with Gasteiger partial charge in [-0.25, -0.2) is 15.4 Å². The molecule has 2 fully saturated rings. The number of carbonyl (C=O) groups excluding carboxylic acids is 1. The van der Waals surface area contributed by atoms with Crippen molar-refractivity contribution < 1.29 is 18.3 Å². The molecule has 9 nitrogen and oxygen atoms in total. The van der Waals surface area contributed by atoms with Gasteiger partial charge in [-0.2, -0.15) is 9.97 Å². The predicted molar refractivity (Wildman–Crippen MR) is 143 cm³/mol. The largest absolute Gasteiger partial charge is 0.462 e. The monoisotopic (exact) mass is 533 g/mol. The van der Waals surface area contributed by atoms with E-state index in [1.54, 1.807) is 11.0 Å². The van der Waals surface area contributed by atoms with Crippen molar-refractivity contribution in [1.82, 2.24) is 24.8 Å². The number of carbonyl (C=O) groups is 1. The van der Waals surface area contributed by atoms with Crippen molar-refractivity contribution in [3.05, 3.63) is 66.2 Å². The summed E-state index contributed by atoms with van der Waals surface area (Å²) in [7, 11) is 2.03. The minimum absolute atomic E-state index is 0.00806. The van der Waals surface area contributed by atoms with E-state index in [9.17, 15) is 9.18 Å². The first-order chi connectivity index (χ1) is 18.9. The molecule has 0 unspecified atom stereocenters. The Morgan fingerprint density at radius 1 is 1.23 bits per heavy atom. The van der Waals surface area contributed by atoms with Gasteiger partial charge in [0.2, 0.25) is 12.5 Å². The zero-order valence-electron chi connectivity index (χ0n) is 21.7. The lowest BCUT2D eigenvalue weighted by molar-refractivity contribution is -0.128. The molecule has 0 bridgehead atoms. The molecule has 2 aromatic heterocycles. The third-order valence-electron chi connectivity index (χ3n) is 7.39. The standard InChI is InChI=1S/C28H29F2N7O2/c1-4-23(38)37-13-12-36(16-19(37)14-31-2)27-21-15-32-25(20-9-5-6-10-22(20)29)24(30)26(21)33-28(34-27)39-17-18-8-7-11-35(18)3/h4-6,9-10,15,18-19H,1,7-8,11-14,16-17H2,3H3/t18-,19-/m0/s1. The number of halogens is 2. The summed E-state index contributed by atoms with van der Waals surface area (Å²) in [5.74, 6) is -1.23. The first-order valence-corrected chi connectivity index (χ1v) is 12.9. The molecule has 0 spiro atoms. The van der Waals surface area contributed by atoms with Crippen LogP contribution in [0.4, 0.5) is 14.6 Å². The predicted octanol–water partition coefficient (Wildman–Crippen LogP) is 3.57. The number of fused-ring (bicyclic) bond motifs is 1. The lowest BCUT2D eigenvalue weighted by atomic mass is 10.1. The molecule has 2 aliphatic heterocycles. The molecule has 2 aliphatic rings. The Morgan fingerprint density at radius 2 is 2.05 bits per heavy atom. The summed E-state index contributed by atoms with van der Waals surface area (Å²) in [5.41, 5.74) is -0.158. The van der Waals surface area contributed by atoms with E-state index in [4.69, 9.17) is 11.3 Å². The van der Waals surface area contributed by atoms with Crippen molar-refractivity contribution in [2.24, 2.45) is 0 Å². The van der Waals surface area contributed by atoms with E-state index < -0.39 is 17.7 Å². The van der Waals surface area contributed by atoms with Crippen LogP contribution in [0, 0.1) is 18.2 Å². The maximum absolute atomic E-state index is 16.0. The number of anilines is 1. The highest BCUT2D eigenvalue weighted by molar-refractivity contribution is 5.92. The number of aromatic nitrogens is 3. The number of ether oxygens (including phenoxy) is 1. The van der Waals surface area contributed by atoms with Crippen LogP contribution in [0.15, 0.2) is 43.1 Å². The zero-order chi connectivity index (χ0) is 27.5. The second kappa shape index (κ2) is 11.3. The Labute approximate surface area is 225 Å². The van der Waals surface area contributed by atoms with E-state index in [2.05, 4.69) is 31.3 Å². The third kappa shape index (κ3) is 5.25. The molecule has 3 aromatic rings. The summed E-state index contributed by atoms with van der Waals surface area (Å²) in [6, 6.07) is 5.66. The van der Waals surface area contributed by atoms with Crippen LogP contribution in [0.3, 0.4) is 0 Å². The van der Waals surface area contributed by atoms with Crippen molar-refractivity contribution in [3.63, 3.8) is 0 Å². The van der Waals surface area contributed by atoms with Gasteiger partial charge in [0.15, 0.2) is 5.82 Å². The quantitative estimate of drug-likeness (QED) is 0.340. The van der Waals surface area contributed by atoms with Gasteiger partial charge >= 0.3 is 6.01 Å². The van der Waals surface area contributed by atoms with Crippen LogP contribution in [0.5, 0.6) is 6.01 Å². The number of pyridine rings is 1. The molecule has 2 saturated heterocycles. The molecule has 0 radical (unpaired) electrons. The Morgan fingerprint density at radius 3 is 2.77 bits per heavy atom. The Hall–Kier alpha value is -4.17. The molecular formula is C28H29F2N7O2. The van der Waals surface area contributed by atoms with Crippen molar-refractivity contribution in [2.45, 2.75) is 24.9 Å². The van der Waals surface area contributed by atoms with Crippen LogP contribution >= 0.6 is 0 Å². The molecule has 39 heavy (non-hydrogen) atoms. The van der Waals surface area contributed by atoms with Crippen LogP contribution in [-0.2, 0) is 4.79 Å². The van der Waals surface area contributed by atoms with E-state index in [0.717, 1.165) is 19.4 Å². The molecule has 2 atom stereocenters. The highest BCUT2D eigenvalue weighted by atomic mass is 19.1. The van der Waals surface area contributed by atoms with Gasteiger partial charge in [0.1, 0.15) is 35.5 Å². The van der Waals surface area contributed by atoms with Crippen molar-refractivity contribution in [3.8, 4) is 17.3 Å². The average molecular weight is 534 g/mol. The highest BCUT2D eigenvalue weighted by Gasteiger charge is 2.34. The summed E-state index contributed by atoms with van der Waals surface area (Å²) in [5, 5.41) is 0.336. The molecule has 1 amide bonds. The van der Waals surface area contributed by atoms with Gasteiger partial charge in [-0.05, 0) is 44.6 Å². The normalized spacial score (nSPS) is 19.7. The van der Waals surface area contributed by atoms with Gasteiger partial charge in [-0.1, -0.05) is 18.7 Å². The number of hydrogen-bond donors (Lipinski definition) is 0.